The molecule has 1 heterocycles. The number of hydrogen-bond donors (Lipinski definition) is 4. The van der Waals surface area contributed by atoms with Gasteiger partial charge in [-0.1, -0.05) is 56.3 Å². The summed E-state index contributed by atoms with van der Waals surface area (Å²) in [6.45, 7) is 4.59. The fraction of sp³-hybridized carbons (Fsp3) is 0.273. The lowest BCUT2D eigenvalue weighted by Gasteiger charge is -2.15. The number of para-hydroxylation sites is 1. The second-order valence-corrected chi connectivity index (χ2v) is 7.18. The number of nitrogens with one attached hydrogen (secondary N) is 3. The molecule has 4 N–H and O–H groups in total. The number of benzene rings is 2. The minimum Gasteiger partial charge on any atom is -0.480 e. The van der Waals surface area contributed by atoms with Gasteiger partial charge in [-0.05, 0) is 28.7 Å². The molecule has 2 amide bonds. The smallest absolute Gasteiger partial charge is 0.326 e. The average molecular weight is 379 g/mol. The van der Waals surface area contributed by atoms with Crippen molar-refractivity contribution in [2.45, 2.75) is 38.8 Å². The van der Waals surface area contributed by atoms with Crippen LogP contribution in [0, 0.1) is 0 Å². The number of carboxylic acids is 1. The van der Waals surface area contributed by atoms with Crippen LogP contribution in [0.2, 0.25) is 0 Å². The van der Waals surface area contributed by atoms with Crippen LogP contribution in [0.3, 0.4) is 0 Å². The lowest BCUT2D eigenvalue weighted by atomic mass is 10.0. The van der Waals surface area contributed by atoms with Gasteiger partial charge in [-0.2, -0.15) is 0 Å². The van der Waals surface area contributed by atoms with E-state index in [9.17, 15) is 14.7 Å². The van der Waals surface area contributed by atoms with Crippen molar-refractivity contribution in [1.82, 2.24) is 15.6 Å². The Labute approximate surface area is 164 Å². The number of carbonyl (C=O) groups excluding carboxylic acids is 1. The molecule has 3 aromatic rings. The van der Waals surface area contributed by atoms with Crippen molar-refractivity contribution in [2.75, 3.05) is 0 Å². The molecule has 3 rings (SSSR count). The molecule has 0 saturated heterocycles. The number of hydrogen-bond acceptors (Lipinski definition) is 2. The molecular weight excluding hydrogens is 354 g/mol. The van der Waals surface area contributed by atoms with E-state index in [4.69, 9.17) is 0 Å². The Hall–Kier alpha value is -3.28. The predicted molar refractivity (Wildman–Crippen MR) is 109 cm³/mol. The molecule has 0 aliphatic carbocycles. The molecule has 0 bridgehead atoms. The summed E-state index contributed by atoms with van der Waals surface area (Å²) in [7, 11) is 0. The summed E-state index contributed by atoms with van der Waals surface area (Å²) in [6, 6.07) is 14.2. The lowest BCUT2D eigenvalue weighted by molar-refractivity contribution is -0.139. The van der Waals surface area contributed by atoms with Gasteiger partial charge >= 0.3 is 12.0 Å². The van der Waals surface area contributed by atoms with E-state index in [1.807, 2.05) is 48.5 Å². The van der Waals surface area contributed by atoms with Gasteiger partial charge in [0.05, 0.1) is 0 Å². The second-order valence-electron chi connectivity index (χ2n) is 7.18. The predicted octanol–water partition coefficient (Wildman–Crippen LogP) is 3.79. The van der Waals surface area contributed by atoms with E-state index < -0.39 is 18.0 Å². The van der Waals surface area contributed by atoms with E-state index in [-0.39, 0.29) is 6.42 Å². The maximum Gasteiger partial charge on any atom is 0.326 e. The van der Waals surface area contributed by atoms with Gasteiger partial charge in [-0.3, -0.25) is 0 Å². The molecule has 0 unspecified atom stereocenters. The van der Waals surface area contributed by atoms with Crippen LogP contribution in [0.1, 0.15) is 36.5 Å². The summed E-state index contributed by atoms with van der Waals surface area (Å²) in [5.74, 6) is -0.618. The Bertz CT molecular complexity index is 961. The molecule has 6 heteroatoms. The first-order valence-electron chi connectivity index (χ1n) is 9.35. The van der Waals surface area contributed by atoms with Gasteiger partial charge < -0.3 is 20.7 Å². The zero-order valence-electron chi connectivity index (χ0n) is 16.0. The highest BCUT2D eigenvalue weighted by atomic mass is 16.4. The number of carbonyl (C=O) groups is 2. The molecule has 0 spiro atoms. The molecule has 2 aromatic carbocycles. The summed E-state index contributed by atoms with van der Waals surface area (Å²) in [5.41, 5.74) is 3.99. The highest BCUT2D eigenvalue weighted by Gasteiger charge is 2.21. The number of fused-ring (bicyclic) bond motifs is 1. The third-order valence-corrected chi connectivity index (χ3v) is 4.80. The highest BCUT2D eigenvalue weighted by molar-refractivity contribution is 5.86. The number of urea groups is 1. The second kappa shape index (κ2) is 8.61. The number of rotatable bonds is 7. The summed E-state index contributed by atoms with van der Waals surface area (Å²) in [6.07, 6.45) is 1.99. The molecule has 1 atom stereocenters. The van der Waals surface area contributed by atoms with Crippen molar-refractivity contribution in [1.29, 1.82) is 0 Å². The molecule has 0 radical (unpaired) electrons. The van der Waals surface area contributed by atoms with Crippen LogP contribution in [0.25, 0.3) is 10.9 Å². The molecule has 0 aliphatic heterocycles. The van der Waals surface area contributed by atoms with Crippen LogP contribution < -0.4 is 10.6 Å². The van der Waals surface area contributed by atoms with Gasteiger partial charge in [0.2, 0.25) is 0 Å². The van der Waals surface area contributed by atoms with Crippen molar-refractivity contribution in [3.63, 3.8) is 0 Å². The lowest BCUT2D eigenvalue weighted by Crippen LogP contribution is -2.46. The molecule has 146 valence electrons. The molecule has 1 aromatic heterocycles. The number of H-pyrrole nitrogens is 1. The molecule has 28 heavy (non-hydrogen) atoms. The zero-order valence-corrected chi connectivity index (χ0v) is 16.0. The number of carboxylic acid groups (broad SMARTS) is 1. The van der Waals surface area contributed by atoms with Crippen LogP contribution in [0.4, 0.5) is 4.79 Å². The maximum absolute atomic E-state index is 12.2. The summed E-state index contributed by atoms with van der Waals surface area (Å²) in [5, 5.41) is 15.8. The van der Waals surface area contributed by atoms with Gasteiger partial charge in [-0.25, -0.2) is 9.59 Å². The van der Waals surface area contributed by atoms with Crippen molar-refractivity contribution in [3.05, 3.63) is 71.4 Å². The van der Waals surface area contributed by atoms with E-state index in [0.29, 0.717) is 12.5 Å². The minimum absolute atomic E-state index is 0.204. The van der Waals surface area contributed by atoms with Crippen LogP contribution in [-0.4, -0.2) is 28.1 Å². The fourth-order valence-corrected chi connectivity index (χ4v) is 3.13. The van der Waals surface area contributed by atoms with Crippen molar-refractivity contribution >= 4 is 22.9 Å². The monoisotopic (exact) mass is 379 g/mol. The van der Waals surface area contributed by atoms with Gasteiger partial charge in [0, 0.05) is 30.1 Å². The minimum atomic E-state index is -1.07. The summed E-state index contributed by atoms with van der Waals surface area (Å²) in [4.78, 5) is 26.9. The molecule has 0 saturated carbocycles. The van der Waals surface area contributed by atoms with Gasteiger partial charge in [-0.15, -0.1) is 0 Å². The van der Waals surface area contributed by atoms with Crippen LogP contribution in [-0.2, 0) is 17.8 Å². The van der Waals surface area contributed by atoms with Crippen molar-refractivity contribution in [2.24, 2.45) is 0 Å². The number of aromatic nitrogens is 1. The van der Waals surface area contributed by atoms with Crippen molar-refractivity contribution in [3.8, 4) is 0 Å². The van der Waals surface area contributed by atoms with E-state index in [0.717, 1.165) is 22.0 Å². The molecule has 0 fully saturated rings. The Kier molecular flexibility index (Phi) is 5.99. The largest absolute Gasteiger partial charge is 0.480 e. The summed E-state index contributed by atoms with van der Waals surface area (Å²) < 4.78 is 0. The zero-order chi connectivity index (χ0) is 20.1. The molecular formula is C22H25N3O3. The van der Waals surface area contributed by atoms with Crippen LogP contribution in [0.5, 0.6) is 0 Å². The van der Waals surface area contributed by atoms with Crippen LogP contribution in [0.15, 0.2) is 54.7 Å². The highest BCUT2D eigenvalue weighted by Crippen LogP contribution is 2.19. The van der Waals surface area contributed by atoms with E-state index >= 15 is 0 Å². The van der Waals surface area contributed by atoms with Gasteiger partial charge in [0.1, 0.15) is 6.04 Å². The normalized spacial score (nSPS) is 12.1. The number of aromatic amines is 1. The Morgan fingerprint density at radius 2 is 1.79 bits per heavy atom. The maximum atomic E-state index is 12.2. The molecule has 0 aliphatic rings. The topological polar surface area (TPSA) is 94.2 Å². The third kappa shape index (κ3) is 4.71. The SMILES string of the molecule is CC(C)c1ccc(CNC(=O)N[C@@H](Cc2c[nH]c3ccccc23)C(=O)O)cc1. The van der Waals surface area contributed by atoms with Crippen LogP contribution >= 0.6 is 0 Å². The standard InChI is InChI=1S/C22H25N3O3/c1-14(2)16-9-7-15(8-10-16)12-24-22(28)25-20(21(26)27)11-17-13-23-19-6-4-3-5-18(17)19/h3-10,13-14,20,23H,11-12H2,1-2H3,(H,26,27)(H2,24,25,28)/t20-/m0/s1. The third-order valence-electron chi connectivity index (χ3n) is 4.80. The van der Waals surface area contributed by atoms with Gasteiger partial charge in [0.15, 0.2) is 0 Å². The number of aliphatic carboxylic acids is 1. The Morgan fingerprint density at radius 1 is 1.07 bits per heavy atom. The average Bonchev–Trinajstić information content (AvgIpc) is 3.09. The fourth-order valence-electron chi connectivity index (χ4n) is 3.13. The van der Waals surface area contributed by atoms with E-state index in [1.165, 1.54) is 5.56 Å². The van der Waals surface area contributed by atoms with E-state index in [2.05, 4.69) is 29.5 Å². The Morgan fingerprint density at radius 3 is 2.46 bits per heavy atom. The first-order chi connectivity index (χ1) is 13.4. The summed E-state index contributed by atoms with van der Waals surface area (Å²) >= 11 is 0. The quantitative estimate of drug-likeness (QED) is 0.503. The van der Waals surface area contributed by atoms with Crippen molar-refractivity contribution < 1.29 is 14.7 Å². The van der Waals surface area contributed by atoms with E-state index in [1.54, 1.807) is 6.20 Å². The first-order valence-corrected chi connectivity index (χ1v) is 9.35. The number of amides is 2. The molecule has 6 nitrogen and oxygen atoms in total. The Balaban J connectivity index is 1.59. The van der Waals surface area contributed by atoms with Gasteiger partial charge in [0.25, 0.3) is 0 Å². The first kappa shape index (κ1) is 19.5.